The minimum Gasteiger partial charge on any atom is -0.486 e. The van der Waals surface area contributed by atoms with Crippen molar-refractivity contribution in [1.82, 2.24) is 9.29 Å². The lowest BCUT2D eigenvalue weighted by Gasteiger charge is -2.37. The van der Waals surface area contributed by atoms with E-state index in [1.165, 1.54) is 4.31 Å². The first-order valence-corrected chi connectivity index (χ1v) is 9.13. The monoisotopic (exact) mass is 340 g/mol. The first-order valence-electron chi connectivity index (χ1n) is 7.69. The van der Waals surface area contributed by atoms with Crippen LogP contribution in [-0.4, -0.2) is 36.9 Å². The summed E-state index contributed by atoms with van der Waals surface area (Å²) < 4.78 is 33.0. The second-order valence-corrected chi connectivity index (χ2v) is 7.63. The first-order chi connectivity index (χ1) is 11.6. The van der Waals surface area contributed by atoms with Crippen LogP contribution in [0.4, 0.5) is 0 Å². The molecule has 1 aliphatic rings. The van der Waals surface area contributed by atoms with Crippen molar-refractivity contribution in [3.05, 3.63) is 67.0 Å². The number of hydrogen-bond acceptors (Lipinski definition) is 4. The Balaban J connectivity index is 1.54. The van der Waals surface area contributed by atoms with Crippen molar-refractivity contribution in [2.75, 3.05) is 13.1 Å². The second-order valence-electron chi connectivity index (χ2n) is 5.73. The van der Waals surface area contributed by atoms with E-state index in [4.69, 9.17) is 4.74 Å². The molecule has 1 fully saturated rings. The highest BCUT2D eigenvalue weighted by Crippen LogP contribution is 2.29. The number of ether oxygens (including phenoxy) is 1. The van der Waals surface area contributed by atoms with Crippen LogP contribution in [0, 0.1) is 0 Å². The van der Waals surface area contributed by atoms with Crippen LogP contribution in [0.2, 0.25) is 0 Å². The van der Waals surface area contributed by atoms with Gasteiger partial charge in [0, 0.05) is 11.6 Å². The van der Waals surface area contributed by atoms with Crippen LogP contribution in [0.25, 0.3) is 10.8 Å². The summed E-state index contributed by atoms with van der Waals surface area (Å²) in [6.07, 6.45) is 3.16. The largest absolute Gasteiger partial charge is 0.486 e. The summed E-state index contributed by atoms with van der Waals surface area (Å²) in [5.74, 6) is 0.657. The van der Waals surface area contributed by atoms with E-state index < -0.39 is 10.0 Å². The van der Waals surface area contributed by atoms with Crippen LogP contribution in [0.3, 0.4) is 0 Å². The van der Waals surface area contributed by atoms with Crippen LogP contribution in [0.5, 0.6) is 5.75 Å². The lowest BCUT2D eigenvalue weighted by Crippen LogP contribution is -2.55. The molecule has 122 valence electrons. The fourth-order valence-corrected chi connectivity index (χ4v) is 4.56. The third kappa shape index (κ3) is 2.64. The third-order valence-corrected chi connectivity index (χ3v) is 6.01. The number of rotatable bonds is 4. The van der Waals surface area contributed by atoms with Gasteiger partial charge in [0.2, 0.25) is 10.0 Å². The zero-order chi connectivity index (χ0) is 16.6. The van der Waals surface area contributed by atoms with Crippen LogP contribution in [0.1, 0.15) is 0 Å². The standard InChI is InChI=1S/C18H16N2O3S/c21-24(22,18-9-3-6-14-5-1-2-8-17(14)18)20-12-16(13-20)23-15-7-4-10-19-11-15/h1-11,16H,12-13H2. The highest BCUT2D eigenvalue weighted by Gasteiger charge is 2.38. The van der Waals surface area contributed by atoms with Crippen LogP contribution in [-0.2, 0) is 10.0 Å². The van der Waals surface area contributed by atoms with Gasteiger partial charge in [-0.2, -0.15) is 4.31 Å². The number of sulfonamides is 1. The molecule has 0 saturated carbocycles. The zero-order valence-corrected chi connectivity index (χ0v) is 13.7. The quantitative estimate of drug-likeness (QED) is 0.733. The Labute approximate surface area is 140 Å². The minimum absolute atomic E-state index is 0.140. The SMILES string of the molecule is O=S(=O)(c1cccc2ccccc12)N1CC(Oc2cccnc2)C1. The van der Waals surface area contributed by atoms with Gasteiger partial charge in [-0.3, -0.25) is 4.98 Å². The molecule has 0 radical (unpaired) electrons. The summed E-state index contributed by atoms with van der Waals surface area (Å²) >= 11 is 0. The molecule has 1 aliphatic heterocycles. The first kappa shape index (κ1) is 15.1. The second kappa shape index (κ2) is 5.89. The highest BCUT2D eigenvalue weighted by atomic mass is 32.2. The van der Waals surface area contributed by atoms with Gasteiger partial charge in [0.25, 0.3) is 0 Å². The van der Waals surface area contributed by atoms with Gasteiger partial charge in [0.1, 0.15) is 11.9 Å². The molecule has 5 nitrogen and oxygen atoms in total. The van der Waals surface area contributed by atoms with Gasteiger partial charge in [-0.25, -0.2) is 8.42 Å². The zero-order valence-electron chi connectivity index (χ0n) is 12.9. The molecule has 0 aliphatic carbocycles. The third-order valence-electron chi connectivity index (χ3n) is 4.12. The van der Waals surface area contributed by atoms with Crippen molar-refractivity contribution in [3.8, 4) is 5.75 Å². The maximum Gasteiger partial charge on any atom is 0.243 e. The van der Waals surface area contributed by atoms with Crippen molar-refractivity contribution >= 4 is 20.8 Å². The van der Waals surface area contributed by atoms with Gasteiger partial charge in [0.05, 0.1) is 24.2 Å². The minimum atomic E-state index is -3.52. The molecule has 24 heavy (non-hydrogen) atoms. The molecule has 1 aromatic heterocycles. The molecule has 3 aromatic rings. The fraction of sp³-hybridized carbons (Fsp3) is 0.167. The highest BCUT2D eigenvalue weighted by molar-refractivity contribution is 7.89. The maximum atomic E-state index is 12.9. The summed E-state index contributed by atoms with van der Waals surface area (Å²) in [5, 5.41) is 1.67. The van der Waals surface area contributed by atoms with E-state index in [2.05, 4.69) is 4.98 Å². The normalized spacial score (nSPS) is 16.0. The van der Waals surface area contributed by atoms with Gasteiger partial charge in [-0.1, -0.05) is 36.4 Å². The Kier molecular flexibility index (Phi) is 3.70. The number of pyridine rings is 1. The van der Waals surface area contributed by atoms with Gasteiger partial charge < -0.3 is 4.74 Å². The van der Waals surface area contributed by atoms with E-state index >= 15 is 0 Å². The van der Waals surface area contributed by atoms with E-state index in [0.717, 1.165) is 10.8 Å². The smallest absolute Gasteiger partial charge is 0.243 e. The Morgan fingerprint density at radius 1 is 1.00 bits per heavy atom. The lowest BCUT2D eigenvalue weighted by molar-refractivity contribution is 0.0759. The fourth-order valence-electron chi connectivity index (χ4n) is 2.84. The predicted molar refractivity (Wildman–Crippen MR) is 91.4 cm³/mol. The summed E-state index contributed by atoms with van der Waals surface area (Å²) in [7, 11) is -3.52. The number of nitrogens with zero attached hydrogens (tertiary/aromatic N) is 2. The van der Waals surface area contributed by atoms with Crippen molar-refractivity contribution in [3.63, 3.8) is 0 Å². The van der Waals surface area contributed by atoms with Crippen molar-refractivity contribution in [2.45, 2.75) is 11.0 Å². The molecule has 1 saturated heterocycles. The molecule has 0 bridgehead atoms. The molecule has 0 atom stereocenters. The van der Waals surface area contributed by atoms with Crippen LogP contribution >= 0.6 is 0 Å². The van der Waals surface area contributed by atoms with Gasteiger partial charge in [-0.15, -0.1) is 0 Å². The van der Waals surface area contributed by atoms with E-state index in [1.54, 1.807) is 30.6 Å². The topological polar surface area (TPSA) is 59.5 Å². The Morgan fingerprint density at radius 2 is 1.79 bits per heavy atom. The van der Waals surface area contributed by atoms with Gasteiger partial charge in [0.15, 0.2) is 0 Å². The Hall–Kier alpha value is -2.44. The van der Waals surface area contributed by atoms with E-state index in [-0.39, 0.29) is 6.10 Å². The van der Waals surface area contributed by atoms with E-state index in [1.807, 2.05) is 36.4 Å². The molecule has 0 N–H and O–H groups in total. The molecular weight excluding hydrogens is 324 g/mol. The summed E-state index contributed by atoms with van der Waals surface area (Å²) in [6.45, 7) is 0.695. The number of aromatic nitrogens is 1. The number of hydrogen-bond donors (Lipinski definition) is 0. The number of benzene rings is 2. The molecule has 2 heterocycles. The lowest BCUT2D eigenvalue weighted by atomic mass is 10.1. The predicted octanol–water partition coefficient (Wildman–Crippen LogP) is 2.69. The van der Waals surface area contributed by atoms with Crippen molar-refractivity contribution < 1.29 is 13.2 Å². The van der Waals surface area contributed by atoms with Gasteiger partial charge in [-0.05, 0) is 23.6 Å². The average molecular weight is 340 g/mol. The summed E-state index contributed by atoms with van der Waals surface area (Å²) in [5.41, 5.74) is 0. The van der Waals surface area contributed by atoms with E-state index in [9.17, 15) is 8.42 Å². The maximum absolute atomic E-state index is 12.9. The molecule has 2 aromatic carbocycles. The molecule has 0 amide bonds. The van der Waals surface area contributed by atoms with Gasteiger partial charge >= 0.3 is 0 Å². The molecule has 0 spiro atoms. The van der Waals surface area contributed by atoms with Crippen molar-refractivity contribution in [1.29, 1.82) is 0 Å². The Morgan fingerprint density at radius 3 is 2.58 bits per heavy atom. The van der Waals surface area contributed by atoms with Crippen molar-refractivity contribution in [2.24, 2.45) is 0 Å². The van der Waals surface area contributed by atoms with Crippen LogP contribution in [0.15, 0.2) is 71.9 Å². The van der Waals surface area contributed by atoms with Crippen LogP contribution < -0.4 is 4.74 Å². The number of fused-ring (bicyclic) bond motifs is 1. The molecular formula is C18H16N2O3S. The molecule has 0 unspecified atom stereocenters. The average Bonchev–Trinajstić information content (AvgIpc) is 2.58. The summed E-state index contributed by atoms with van der Waals surface area (Å²) in [6, 6.07) is 16.5. The molecule has 4 rings (SSSR count). The molecule has 6 heteroatoms. The van der Waals surface area contributed by atoms with E-state index in [0.29, 0.717) is 23.7 Å². The summed E-state index contributed by atoms with van der Waals surface area (Å²) in [4.78, 5) is 4.34. The Bertz CT molecular complexity index is 962.